The van der Waals surface area contributed by atoms with Crippen LogP contribution in [0, 0.1) is 0 Å². The van der Waals surface area contributed by atoms with Gasteiger partial charge in [-0.1, -0.05) is 190 Å². The fourth-order valence-corrected chi connectivity index (χ4v) is 8.78. The molecule has 0 amide bonds. The Labute approximate surface area is 331 Å². The van der Waals surface area contributed by atoms with Crippen molar-refractivity contribution in [1.82, 2.24) is 0 Å². The van der Waals surface area contributed by atoms with Crippen LogP contribution in [-0.2, 0) is 5.41 Å². The summed E-state index contributed by atoms with van der Waals surface area (Å²) in [5.41, 5.74) is 18.8. The van der Waals surface area contributed by atoms with E-state index in [2.05, 4.69) is 231 Å². The number of benzene rings is 8. The molecule has 0 saturated carbocycles. The molecule has 1 aliphatic rings. The maximum absolute atomic E-state index is 2.46. The van der Waals surface area contributed by atoms with E-state index in [1.807, 2.05) is 0 Å². The van der Waals surface area contributed by atoms with Crippen molar-refractivity contribution < 1.29 is 0 Å². The lowest BCUT2D eigenvalue weighted by Gasteiger charge is -2.32. The summed E-state index contributed by atoms with van der Waals surface area (Å²) in [6, 6.07) is 72.8. The highest BCUT2D eigenvalue weighted by atomic mass is 15.1. The van der Waals surface area contributed by atoms with Crippen molar-refractivity contribution in [3.05, 3.63) is 222 Å². The first kappa shape index (κ1) is 35.0. The van der Waals surface area contributed by atoms with E-state index in [9.17, 15) is 0 Å². The van der Waals surface area contributed by atoms with Gasteiger partial charge in [-0.15, -0.1) is 0 Å². The van der Waals surface area contributed by atoms with Crippen molar-refractivity contribution in [3.8, 4) is 44.5 Å². The van der Waals surface area contributed by atoms with E-state index in [0.717, 1.165) is 24.2 Å². The highest BCUT2D eigenvalue weighted by Crippen LogP contribution is 2.54. The molecule has 270 valence electrons. The Balaban J connectivity index is 0.988. The minimum absolute atomic E-state index is 0.0551. The first-order chi connectivity index (χ1) is 27.6. The van der Waals surface area contributed by atoms with Gasteiger partial charge in [-0.25, -0.2) is 0 Å². The van der Waals surface area contributed by atoms with Crippen molar-refractivity contribution in [2.45, 2.75) is 32.1 Å². The standard InChI is InChI=1S/C55H45N/c1-3-55(4-2)53-38-41(28-36-51(53)52-37-35-48(39-54(52)55)56(46-18-10-6-11-19-46)47-20-12-7-13-21-47)25-24-40-26-29-44(30-27-40)49-22-14-15-23-50(49)45-33-31-43(32-34-45)42-16-8-5-9-17-42/h5-39H,3-4H2,1-2H3/b25-24+. The second-order valence-electron chi connectivity index (χ2n) is 14.8. The van der Waals surface area contributed by atoms with E-state index in [4.69, 9.17) is 0 Å². The molecule has 1 aliphatic carbocycles. The number of fused-ring (bicyclic) bond motifs is 3. The van der Waals surface area contributed by atoms with Gasteiger partial charge in [0, 0.05) is 22.5 Å². The number of anilines is 3. The average molecular weight is 720 g/mol. The molecule has 9 rings (SSSR count). The monoisotopic (exact) mass is 719 g/mol. The van der Waals surface area contributed by atoms with Crippen molar-refractivity contribution in [2.75, 3.05) is 4.90 Å². The third kappa shape index (κ3) is 6.46. The quantitative estimate of drug-likeness (QED) is 0.127. The third-order valence-electron chi connectivity index (χ3n) is 11.8. The van der Waals surface area contributed by atoms with Crippen LogP contribution < -0.4 is 4.90 Å². The van der Waals surface area contributed by atoms with Gasteiger partial charge in [-0.3, -0.25) is 0 Å². The third-order valence-corrected chi connectivity index (χ3v) is 11.8. The summed E-state index contributed by atoms with van der Waals surface area (Å²) in [6.07, 6.45) is 6.60. The topological polar surface area (TPSA) is 3.24 Å². The lowest BCUT2D eigenvalue weighted by molar-refractivity contribution is 0.490. The number of hydrogen-bond acceptors (Lipinski definition) is 1. The molecule has 0 aliphatic heterocycles. The Hall–Kier alpha value is -6.70. The molecule has 1 nitrogen and oxygen atoms in total. The zero-order valence-electron chi connectivity index (χ0n) is 32.1. The fraction of sp³-hybridized carbons (Fsp3) is 0.0909. The zero-order chi connectivity index (χ0) is 37.9. The van der Waals surface area contributed by atoms with Crippen LogP contribution in [0.1, 0.15) is 48.9 Å². The summed E-state index contributed by atoms with van der Waals surface area (Å²) < 4.78 is 0. The maximum Gasteiger partial charge on any atom is 0.0465 e. The first-order valence-electron chi connectivity index (χ1n) is 19.9. The smallest absolute Gasteiger partial charge is 0.0465 e. The lowest BCUT2D eigenvalue weighted by atomic mass is 9.73. The summed E-state index contributed by atoms with van der Waals surface area (Å²) in [4.78, 5) is 2.38. The molecule has 0 atom stereocenters. The van der Waals surface area contributed by atoms with Crippen molar-refractivity contribution in [2.24, 2.45) is 0 Å². The van der Waals surface area contributed by atoms with Crippen LogP contribution in [0.3, 0.4) is 0 Å². The normalized spacial score (nSPS) is 12.7. The predicted molar refractivity (Wildman–Crippen MR) is 240 cm³/mol. The molecular weight excluding hydrogens is 675 g/mol. The van der Waals surface area contributed by atoms with Gasteiger partial charge >= 0.3 is 0 Å². The molecule has 56 heavy (non-hydrogen) atoms. The first-order valence-corrected chi connectivity index (χ1v) is 19.9. The van der Waals surface area contributed by atoms with Crippen LogP contribution in [0.25, 0.3) is 56.7 Å². The minimum atomic E-state index is -0.0551. The molecule has 8 aromatic carbocycles. The predicted octanol–water partition coefficient (Wildman–Crippen LogP) is 15.4. The number of para-hydroxylation sites is 2. The molecule has 0 unspecified atom stereocenters. The number of nitrogens with zero attached hydrogens (tertiary/aromatic N) is 1. The van der Waals surface area contributed by atoms with E-state index in [1.165, 1.54) is 72.4 Å². The second-order valence-corrected chi connectivity index (χ2v) is 14.8. The highest BCUT2D eigenvalue weighted by Gasteiger charge is 2.41. The molecular formula is C55H45N. The van der Waals surface area contributed by atoms with Gasteiger partial charge in [0.1, 0.15) is 0 Å². The van der Waals surface area contributed by atoms with Gasteiger partial charge in [-0.2, -0.15) is 0 Å². The minimum Gasteiger partial charge on any atom is -0.310 e. The Bertz CT molecular complexity index is 2580. The van der Waals surface area contributed by atoms with Crippen molar-refractivity contribution >= 4 is 29.2 Å². The van der Waals surface area contributed by atoms with E-state index in [0.29, 0.717) is 0 Å². The van der Waals surface area contributed by atoms with Gasteiger partial charge in [0.05, 0.1) is 0 Å². The second kappa shape index (κ2) is 15.2. The van der Waals surface area contributed by atoms with Crippen LogP contribution in [0.2, 0.25) is 0 Å². The Morgan fingerprint density at radius 1 is 0.357 bits per heavy atom. The van der Waals surface area contributed by atoms with Crippen molar-refractivity contribution in [1.29, 1.82) is 0 Å². The Kier molecular flexibility index (Phi) is 9.51. The van der Waals surface area contributed by atoms with Crippen LogP contribution in [0.5, 0.6) is 0 Å². The van der Waals surface area contributed by atoms with Gasteiger partial charge in [0.15, 0.2) is 0 Å². The molecule has 0 N–H and O–H groups in total. The molecule has 0 fully saturated rings. The summed E-state index contributed by atoms with van der Waals surface area (Å²) in [7, 11) is 0. The molecule has 0 heterocycles. The summed E-state index contributed by atoms with van der Waals surface area (Å²) in [5, 5.41) is 0. The zero-order valence-corrected chi connectivity index (χ0v) is 32.1. The summed E-state index contributed by atoms with van der Waals surface area (Å²) >= 11 is 0. The van der Waals surface area contributed by atoms with Crippen LogP contribution in [0.15, 0.2) is 200 Å². The van der Waals surface area contributed by atoms with Crippen LogP contribution in [0.4, 0.5) is 17.1 Å². The average Bonchev–Trinajstić information content (AvgIpc) is 3.55. The molecule has 0 saturated heterocycles. The van der Waals surface area contributed by atoms with Gasteiger partial charge in [-0.05, 0) is 116 Å². The molecule has 0 spiro atoms. The van der Waals surface area contributed by atoms with E-state index in [-0.39, 0.29) is 5.41 Å². The Morgan fingerprint density at radius 2 is 0.786 bits per heavy atom. The Morgan fingerprint density at radius 3 is 1.36 bits per heavy atom. The van der Waals surface area contributed by atoms with E-state index >= 15 is 0 Å². The SMILES string of the molecule is CCC1(CC)c2cc(/C=C/c3ccc(-c4ccccc4-c4ccc(-c5ccccc5)cc4)cc3)ccc2-c2ccc(N(c3ccccc3)c3ccccc3)cc21. The number of rotatable bonds is 10. The largest absolute Gasteiger partial charge is 0.310 e. The molecule has 0 bridgehead atoms. The van der Waals surface area contributed by atoms with E-state index in [1.54, 1.807) is 0 Å². The lowest BCUT2D eigenvalue weighted by Crippen LogP contribution is -2.23. The van der Waals surface area contributed by atoms with Gasteiger partial charge in [0.2, 0.25) is 0 Å². The van der Waals surface area contributed by atoms with E-state index < -0.39 is 0 Å². The summed E-state index contributed by atoms with van der Waals surface area (Å²) in [6.45, 7) is 4.70. The molecule has 1 heteroatoms. The molecule has 8 aromatic rings. The molecule has 0 aromatic heterocycles. The van der Waals surface area contributed by atoms with Gasteiger partial charge in [0.25, 0.3) is 0 Å². The molecule has 0 radical (unpaired) electrons. The van der Waals surface area contributed by atoms with Crippen LogP contribution >= 0.6 is 0 Å². The van der Waals surface area contributed by atoms with Crippen molar-refractivity contribution in [3.63, 3.8) is 0 Å². The highest BCUT2D eigenvalue weighted by molar-refractivity contribution is 5.88. The van der Waals surface area contributed by atoms with Gasteiger partial charge < -0.3 is 4.90 Å². The maximum atomic E-state index is 2.46. The number of hydrogen-bond donors (Lipinski definition) is 0. The summed E-state index contributed by atoms with van der Waals surface area (Å²) in [5.74, 6) is 0. The van der Waals surface area contributed by atoms with Crippen LogP contribution in [-0.4, -0.2) is 0 Å². The fourth-order valence-electron chi connectivity index (χ4n) is 8.78.